The molecule has 0 spiro atoms. The summed E-state index contributed by atoms with van der Waals surface area (Å²) in [6.45, 7) is 2.73. The molecule has 2 atom stereocenters. The molecule has 0 aliphatic heterocycles. The number of hydrogen-bond donors (Lipinski definition) is 2. The summed E-state index contributed by atoms with van der Waals surface area (Å²) < 4.78 is 57.8. The number of benzene rings is 2. The Morgan fingerprint density at radius 2 is 1.76 bits per heavy atom. The van der Waals surface area contributed by atoms with E-state index in [9.17, 15) is 22.2 Å². The highest BCUT2D eigenvalue weighted by Crippen LogP contribution is 2.32. The molecule has 0 bridgehead atoms. The minimum absolute atomic E-state index is 0.00806. The van der Waals surface area contributed by atoms with Gasteiger partial charge in [0, 0.05) is 18.3 Å². The number of fused-ring (bicyclic) bond motifs is 1. The smallest absolute Gasteiger partial charge is 0.402 e. The molecule has 4 rings (SSSR count). The Morgan fingerprint density at radius 3 is 2.41 bits per heavy atom. The van der Waals surface area contributed by atoms with E-state index < -0.39 is 29.0 Å². The largest absolute Gasteiger partial charge is 0.490 e. The van der Waals surface area contributed by atoms with E-state index in [4.69, 9.17) is 10.5 Å². The quantitative estimate of drug-likeness (QED) is 0.439. The summed E-state index contributed by atoms with van der Waals surface area (Å²) in [4.78, 5) is 15.1. The van der Waals surface area contributed by atoms with Gasteiger partial charge in [-0.05, 0) is 86.4 Å². The Morgan fingerprint density at radius 1 is 1.08 bits per heavy atom. The molecule has 2 aromatic rings. The van der Waals surface area contributed by atoms with E-state index in [1.807, 2.05) is 30.0 Å². The number of halogens is 3. The number of anilines is 1. The van der Waals surface area contributed by atoms with Gasteiger partial charge in [-0.3, -0.25) is 4.79 Å². The van der Waals surface area contributed by atoms with Crippen molar-refractivity contribution in [1.82, 2.24) is 4.90 Å². The van der Waals surface area contributed by atoms with Crippen molar-refractivity contribution in [3.63, 3.8) is 0 Å². The third kappa shape index (κ3) is 7.37. The fourth-order valence-electron chi connectivity index (χ4n) is 5.64. The van der Waals surface area contributed by atoms with E-state index in [2.05, 4.69) is 4.72 Å². The van der Waals surface area contributed by atoms with Crippen molar-refractivity contribution < 1.29 is 26.9 Å². The standard InChI is InChI=1S/C27H36F3N3O3S/c1-2-33(22-5-3-4-6-22)26(34)25(31)19-9-12-23(13-10-19)36-24-14-8-18-7-11-21(15-20(18)16-24)32-37(35)17-27(28,29)30/h7-8,11,14-16,19,22-23,25,32H,2-6,9-10,12-13,17,31H2,1H3. The molecule has 0 saturated heterocycles. The molecule has 6 nitrogen and oxygen atoms in total. The van der Waals surface area contributed by atoms with Crippen LogP contribution < -0.4 is 15.2 Å². The van der Waals surface area contributed by atoms with Crippen LogP contribution in [0.15, 0.2) is 36.4 Å². The highest BCUT2D eigenvalue weighted by Gasteiger charge is 2.35. The molecule has 0 aromatic heterocycles. The Kier molecular flexibility index (Phi) is 9.00. The lowest BCUT2D eigenvalue weighted by Gasteiger charge is -2.36. The molecule has 0 radical (unpaired) electrons. The molecule has 3 N–H and O–H groups in total. The van der Waals surface area contributed by atoms with E-state index in [1.165, 1.54) is 12.8 Å². The molecule has 2 aliphatic carbocycles. The zero-order valence-electron chi connectivity index (χ0n) is 21.1. The van der Waals surface area contributed by atoms with Crippen LogP contribution in [0.1, 0.15) is 58.3 Å². The van der Waals surface area contributed by atoms with Gasteiger partial charge in [-0.2, -0.15) is 13.2 Å². The molecular weight excluding hydrogens is 503 g/mol. The molecule has 1 amide bonds. The molecule has 2 fully saturated rings. The summed E-state index contributed by atoms with van der Waals surface area (Å²) >= 11 is 0. The number of likely N-dealkylation sites (N-methyl/N-ethyl adjacent to an activating group) is 1. The first-order valence-electron chi connectivity index (χ1n) is 13.1. The summed E-state index contributed by atoms with van der Waals surface area (Å²) in [5.41, 5.74) is 6.81. The van der Waals surface area contributed by atoms with E-state index in [0.29, 0.717) is 24.0 Å². The van der Waals surface area contributed by atoms with Crippen LogP contribution in [0.5, 0.6) is 5.75 Å². The molecule has 10 heteroatoms. The second-order valence-corrected chi connectivity index (χ2v) is 11.4. The number of rotatable bonds is 9. The van der Waals surface area contributed by atoms with E-state index in [-0.39, 0.29) is 17.9 Å². The minimum Gasteiger partial charge on any atom is -0.490 e. The first kappa shape index (κ1) is 27.7. The first-order chi connectivity index (χ1) is 17.6. The van der Waals surface area contributed by atoms with Crippen molar-refractivity contribution in [2.45, 2.75) is 82.7 Å². The number of amides is 1. The van der Waals surface area contributed by atoms with E-state index in [0.717, 1.165) is 49.3 Å². The zero-order chi connectivity index (χ0) is 26.6. The van der Waals surface area contributed by atoms with Gasteiger partial charge in [0.15, 0.2) is 0 Å². The Balaban J connectivity index is 1.32. The van der Waals surface area contributed by atoms with Crippen molar-refractivity contribution >= 4 is 33.4 Å². The molecule has 0 heterocycles. The van der Waals surface area contributed by atoms with Crippen LogP contribution in [0.25, 0.3) is 10.8 Å². The number of carbonyl (C=O) groups is 1. The van der Waals surface area contributed by atoms with Gasteiger partial charge in [-0.15, -0.1) is 0 Å². The van der Waals surface area contributed by atoms with Gasteiger partial charge < -0.3 is 20.1 Å². The first-order valence-corrected chi connectivity index (χ1v) is 14.4. The van der Waals surface area contributed by atoms with Crippen LogP contribution in [-0.4, -0.2) is 51.7 Å². The third-order valence-corrected chi connectivity index (χ3v) is 8.59. The number of carbonyl (C=O) groups excluding carboxylic acids is 1. The summed E-state index contributed by atoms with van der Waals surface area (Å²) in [5.74, 6) is -0.522. The summed E-state index contributed by atoms with van der Waals surface area (Å²) in [7, 11) is -2.25. The van der Waals surface area contributed by atoms with Crippen molar-refractivity contribution in [2.24, 2.45) is 11.7 Å². The van der Waals surface area contributed by atoms with Gasteiger partial charge >= 0.3 is 6.18 Å². The molecule has 2 aliphatic rings. The maximum Gasteiger partial charge on any atom is 0.402 e. The van der Waals surface area contributed by atoms with Crippen LogP contribution in [0.3, 0.4) is 0 Å². The fourth-order valence-corrected chi connectivity index (χ4v) is 6.40. The number of hydrogen-bond acceptors (Lipinski definition) is 4. The predicted octanol–water partition coefficient (Wildman–Crippen LogP) is 5.53. The topological polar surface area (TPSA) is 84.7 Å². The second-order valence-electron chi connectivity index (χ2n) is 10.2. The highest BCUT2D eigenvalue weighted by atomic mass is 32.2. The molecular formula is C27H36F3N3O3S. The summed E-state index contributed by atoms with van der Waals surface area (Å²) in [6.07, 6.45) is 3.26. The van der Waals surface area contributed by atoms with Gasteiger partial charge in [-0.25, -0.2) is 4.21 Å². The van der Waals surface area contributed by atoms with Crippen LogP contribution >= 0.6 is 0 Å². The van der Waals surface area contributed by atoms with Crippen LogP contribution in [-0.2, 0) is 15.8 Å². The number of nitrogens with zero attached hydrogens (tertiary/aromatic N) is 1. The third-order valence-electron chi connectivity index (χ3n) is 7.54. The highest BCUT2D eigenvalue weighted by molar-refractivity contribution is 7.86. The maximum atomic E-state index is 13.1. The van der Waals surface area contributed by atoms with Crippen LogP contribution in [0.2, 0.25) is 0 Å². The number of nitrogens with one attached hydrogen (secondary N) is 1. The minimum atomic E-state index is -4.50. The molecule has 2 unspecified atom stereocenters. The number of alkyl halides is 3. The van der Waals surface area contributed by atoms with Gasteiger partial charge in [0.2, 0.25) is 5.91 Å². The zero-order valence-corrected chi connectivity index (χ0v) is 22.0. The van der Waals surface area contributed by atoms with Crippen molar-refractivity contribution in [1.29, 1.82) is 0 Å². The lowest BCUT2D eigenvalue weighted by molar-refractivity contribution is -0.136. The summed E-state index contributed by atoms with van der Waals surface area (Å²) in [6, 6.07) is 10.5. The normalized spacial score (nSPS) is 22.5. The monoisotopic (exact) mass is 539 g/mol. The average Bonchev–Trinajstić information content (AvgIpc) is 3.37. The lowest BCUT2D eigenvalue weighted by Crippen LogP contribution is -2.51. The summed E-state index contributed by atoms with van der Waals surface area (Å²) in [5, 5.41) is 1.68. The SMILES string of the molecule is CCN(C(=O)C(N)C1CCC(Oc2ccc3ccc(NS(=O)CC(F)(F)F)cc3c2)CC1)C1CCCC1. The van der Waals surface area contributed by atoms with Gasteiger partial charge in [-0.1, -0.05) is 25.0 Å². The second kappa shape index (κ2) is 12.0. The molecule has 204 valence electrons. The molecule has 37 heavy (non-hydrogen) atoms. The Labute approximate surface area is 218 Å². The maximum absolute atomic E-state index is 13.1. The molecule has 2 aromatic carbocycles. The fraction of sp³-hybridized carbons (Fsp3) is 0.593. The van der Waals surface area contributed by atoms with E-state index in [1.54, 1.807) is 18.2 Å². The van der Waals surface area contributed by atoms with Gasteiger partial charge in [0.1, 0.15) is 22.5 Å². The van der Waals surface area contributed by atoms with Gasteiger partial charge in [0.25, 0.3) is 0 Å². The Bertz CT molecular complexity index is 1100. The predicted molar refractivity (Wildman–Crippen MR) is 141 cm³/mol. The number of nitrogens with two attached hydrogens (primary N) is 1. The molecule has 2 saturated carbocycles. The van der Waals surface area contributed by atoms with Crippen molar-refractivity contribution in [3.8, 4) is 5.75 Å². The Hall–Kier alpha value is -2.33. The number of ether oxygens (including phenoxy) is 1. The van der Waals surface area contributed by atoms with E-state index >= 15 is 0 Å². The van der Waals surface area contributed by atoms with Crippen molar-refractivity contribution in [3.05, 3.63) is 36.4 Å². The lowest BCUT2D eigenvalue weighted by atomic mass is 9.82. The average molecular weight is 540 g/mol. The van der Waals surface area contributed by atoms with Crippen molar-refractivity contribution in [2.75, 3.05) is 17.0 Å². The van der Waals surface area contributed by atoms with Crippen LogP contribution in [0.4, 0.5) is 18.9 Å². The van der Waals surface area contributed by atoms with Gasteiger partial charge in [0.05, 0.1) is 12.1 Å². The van der Waals surface area contributed by atoms with Crippen LogP contribution in [0, 0.1) is 5.92 Å².